The maximum absolute atomic E-state index is 10.4. The highest BCUT2D eigenvalue weighted by Gasteiger charge is 2.21. The van der Waals surface area contributed by atoms with Gasteiger partial charge in [-0.15, -0.1) is 0 Å². The van der Waals surface area contributed by atoms with Crippen LogP contribution in [0.25, 0.3) is 100 Å². The van der Waals surface area contributed by atoms with E-state index >= 15 is 0 Å². The average Bonchev–Trinajstić information content (AvgIpc) is 3.82. The van der Waals surface area contributed by atoms with E-state index in [1.54, 1.807) is 0 Å². The van der Waals surface area contributed by atoms with Crippen molar-refractivity contribution in [1.82, 2.24) is 24.1 Å². The highest BCUT2D eigenvalue weighted by Crippen LogP contribution is 2.39. The van der Waals surface area contributed by atoms with E-state index in [0.717, 1.165) is 82.8 Å². The van der Waals surface area contributed by atoms with E-state index < -0.39 is 0 Å². The molecule has 0 aliphatic heterocycles. The second-order valence-electron chi connectivity index (χ2n) is 14.4. The minimum atomic E-state index is 0.547. The van der Waals surface area contributed by atoms with E-state index in [1.807, 2.05) is 72.8 Å². The van der Waals surface area contributed by atoms with Gasteiger partial charge in [0.25, 0.3) is 0 Å². The van der Waals surface area contributed by atoms with E-state index in [9.17, 15) is 5.26 Å². The largest absolute Gasteiger partial charge is 0.309 e. The Morgan fingerprint density at radius 1 is 0.362 bits per heavy atom. The highest BCUT2D eigenvalue weighted by molar-refractivity contribution is 6.10. The average molecular weight is 741 g/mol. The topological polar surface area (TPSA) is 72.3 Å². The van der Waals surface area contributed by atoms with Crippen LogP contribution in [0.1, 0.15) is 5.56 Å². The molecule has 0 N–H and O–H groups in total. The molecule has 0 bridgehead atoms. The fourth-order valence-corrected chi connectivity index (χ4v) is 8.37. The third kappa shape index (κ3) is 5.45. The summed E-state index contributed by atoms with van der Waals surface area (Å²) in [7, 11) is 0. The highest BCUT2D eigenvalue weighted by atomic mass is 15.1. The minimum absolute atomic E-state index is 0.547. The summed E-state index contributed by atoms with van der Waals surface area (Å²) in [4.78, 5) is 15.5. The fraction of sp³-hybridized carbons (Fsp3) is 0. The van der Waals surface area contributed by atoms with Crippen molar-refractivity contribution in [1.29, 1.82) is 5.26 Å². The van der Waals surface area contributed by atoms with Crippen LogP contribution in [0.3, 0.4) is 0 Å². The van der Waals surface area contributed by atoms with Crippen molar-refractivity contribution in [2.24, 2.45) is 0 Å². The summed E-state index contributed by atoms with van der Waals surface area (Å²) >= 11 is 0. The van der Waals surface area contributed by atoms with E-state index in [4.69, 9.17) is 15.0 Å². The summed E-state index contributed by atoms with van der Waals surface area (Å²) in [5.41, 5.74) is 11.2. The maximum atomic E-state index is 10.4. The SMILES string of the molecule is N#Cc1cc(-c2ccc(-n3c4ccccc4c4ccccc43)c(-c3nc(-c4ccccc4)nc(-c4ccccc4)n3)c2)cc(-n2c3ccccc3c3ccccc32)c1. The first kappa shape index (κ1) is 33.2. The number of para-hydroxylation sites is 4. The molecule has 8 aromatic carbocycles. The van der Waals surface area contributed by atoms with E-state index in [1.165, 1.54) is 0 Å². The van der Waals surface area contributed by atoms with Crippen LogP contribution in [0.4, 0.5) is 0 Å². The van der Waals surface area contributed by atoms with Crippen molar-refractivity contribution in [3.8, 4) is 62.7 Å². The third-order valence-corrected chi connectivity index (χ3v) is 11.0. The van der Waals surface area contributed by atoms with Crippen LogP contribution in [0.15, 0.2) is 194 Å². The zero-order valence-electron chi connectivity index (χ0n) is 31.2. The number of benzene rings is 8. The van der Waals surface area contributed by atoms with Crippen molar-refractivity contribution in [2.45, 2.75) is 0 Å². The van der Waals surface area contributed by atoms with Gasteiger partial charge in [0, 0.05) is 43.9 Å². The molecule has 0 spiro atoms. The van der Waals surface area contributed by atoms with Crippen LogP contribution in [0, 0.1) is 11.3 Å². The molecule has 6 nitrogen and oxygen atoms in total. The Kier molecular flexibility index (Phi) is 7.76. The van der Waals surface area contributed by atoms with Gasteiger partial charge in [0.05, 0.1) is 39.4 Å². The van der Waals surface area contributed by atoms with Crippen molar-refractivity contribution in [2.75, 3.05) is 0 Å². The summed E-state index contributed by atoms with van der Waals surface area (Å²) in [6, 6.07) is 69.1. The molecule has 0 fully saturated rings. The maximum Gasteiger partial charge on any atom is 0.166 e. The van der Waals surface area contributed by atoms with Gasteiger partial charge in [-0.2, -0.15) is 5.26 Å². The van der Waals surface area contributed by atoms with Gasteiger partial charge in [-0.25, -0.2) is 15.0 Å². The Hall–Kier alpha value is -8.14. The standard InChI is InChI=1S/C52H32N6/c53-33-34-29-38(31-39(30-34)57-45-23-11-7-19-40(45)41-20-8-12-24-46(41)57)37-27-28-49(58-47-25-13-9-21-42(47)43-22-10-14-26-48(43)58)44(32-37)52-55-50(35-15-3-1-4-16-35)54-51(56-52)36-17-5-2-6-18-36/h1-32H. The zero-order chi connectivity index (χ0) is 38.6. The first-order chi connectivity index (χ1) is 28.7. The molecule has 0 saturated heterocycles. The van der Waals surface area contributed by atoms with E-state index in [-0.39, 0.29) is 0 Å². The van der Waals surface area contributed by atoms with Crippen LogP contribution in [-0.4, -0.2) is 24.1 Å². The predicted octanol–water partition coefficient (Wildman–Crippen LogP) is 12.6. The summed E-state index contributed by atoms with van der Waals surface area (Å²) < 4.78 is 4.57. The van der Waals surface area contributed by atoms with Crippen molar-refractivity contribution >= 4 is 43.6 Å². The number of fused-ring (bicyclic) bond motifs is 6. The molecule has 0 amide bonds. The molecule has 0 atom stereocenters. The Balaban J connectivity index is 1.20. The molecule has 11 rings (SSSR count). The molecular formula is C52H32N6. The second kappa shape index (κ2) is 13.6. The van der Waals surface area contributed by atoms with E-state index in [0.29, 0.717) is 23.0 Å². The minimum Gasteiger partial charge on any atom is -0.309 e. The molecule has 270 valence electrons. The lowest BCUT2D eigenvalue weighted by atomic mass is 9.98. The molecule has 0 aliphatic rings. The number of rotatable bonds is 6. The van der Waals surface area contributed by atoms with Gasteiger partial charge in [0.1, 0.15) is 0 Å². The van der Waals surface area contributed by atoms with Gasteiger partial charge in [-0.1, -0.05) is 140 Å². The fourth-order valence-electron chi connectivity index (χ4n) is 8.37. The Bertz CT molecular complexity index is 3240. The number of nitriles is 1. The van der Waals surface area contributed by atoms with Crippen molar-refractivity contribution in [3.05, 3.63) is 200 Å². The normalized spacial score (nSPS) is 11.4. The van der Waals surface area contributed by atoms with Crippen LogP contribution >= 0.6 is 0 Å². The van der Waals surface area contributed by atoms with Crippen molar-refractivity contribution < 1.29 is 0 Å². The Morgan fingerprint density at radius 3 is 1.31 bits per heavy atom. The summed E-state index contributed by atoms with van der Waals surface area (Å²) in [6.07, 6.45) is 0. The zero-order valence-corrected chi connectivity index (χ0v) is 31.2. The molecule has 6 heteroatoms. The number of nitrogens with zero attached hydrogens (tertiary/aromatic N) is 6. The first-order valence-corrected chi connectivity index (χ1v) is 19.3. The van der Waals surface area contributed by atoms with Gasteiger partial charge in [0.15, 0.2) is 17.5 Å². The Labute approximate surface area is 334 Å². The Morgan fingerprint density at radius 2 is 0.810 bits per heavy atom. The van der Waals surface area contributed by atoms with Crippen LogP contribution in [0.5, 0.6) is 0 Å². The number of hydrogen-bond acceptors (Lipinski definition) is 4. The van der Waals surface area contributed by atoms with Crippen LogP contribution < -0.4 is 0 Å². The predicted molar refractivity (Wildman–Crippen MR) is 235 cm³/mol. The van der Waals surface area contributed by atoms with Gasteiger partial charge >= 0.3 is 0 Å². The van der Waals surface area contributed by atoms with Gasteiger partial charge in [-0.3, -0.25) is 0 Å². The van der Waals surface area contributed by atoms with Gasteiger partial charge < -0.3 is 9.13 Å². The molecule has 0 aliphatic carbocycles. The summed E-state index contributed by atoms with van der Waals surface area (Å²) in [6.45, 7) is 0. The lowest BCUT2D eigenvalue weighted by Crippen LogP contribution is -2.04. The van der Waals surface area contributed by atoms with Gasteiger partial charge in [0.2, 0.25) is 0 Å². The molecule has 0 unspecified atom stereocenters. The molecule has 11 aromatic rings. The van der Waals surface area contributed by atoms with Crippen LogP contribution in [0.2, 0.25) is 0 Å². The second-order valence-corrected chi connectivity index (χ2v) is 14.4. The van der Waals surface area contributed by atoms with Gasteiger partial charge in [-0.05, 0) is 65.7 Å². The molecule has 0 radical (unpaired) electrons. The van der Waals surface area contributed by atoms with Crippen LogP contribution in [-0.2, 0) is 0 Å². The number of hydrogen-bond donors (Lipinski definition) is 0. The lowest BCUT2D eigenvalue weighted by Gasteiger charge is -2.17. The summed E-state index contributed by atoms with van der Waals surface area (Å²) in [5, 5.41) is 15.1. The van der Waals surface area contributed by atoms with E-state index in [2.05, 4.69) is 137 Å². The molecular weight excluding hydrogens is 709 g/mol. The smallest absolute Gasteiger partial charge is 0.166 e. The molecule has 3 heterocycles. The summed E-state index contributed by atoms with van der Waals surface area (Å²) in [5.74, 6) is 1.72. The third-order valence-electron chi connectivity index (χ3n) is 11.0. The monoisotopic (exact) mass is 740 g/mol. The first-order valence-electron chi connectivity index (χ1n) is 19.3. The lowest BCUT2D eigenvalue weighted by molar-refractivity contribution is 1.06. The van der Waals surface area contributed by atoms with Crippen molar-refractivity contribution in [3.63, 3.8) is 0 Å². The molecule has 0 saturated carbocycles. The quantitative estimate of drug-likeness (QED) is 0.170. The number of aromatic nitrogens is 5. The molecule has 3 aromatic heterocycles. The molecule has 58 heavy (non-hydrogen) atoms.